The normalized spacial score (nSPS) is 17.3. The van der Waals surface area contributed by atoms with Gasteiger partial charge in [0.05, 0.1) is 12.6 Å². The van der Waals surface area contributed by atoms with Crippen molar-refractivity contribution >= 4 is 34.8 Å². The number of benzene rings is 1. The Morgan fingerprint density at radius 1 is 1.21 bits per heavy atom. The Labute approximate surface area is 176 Å². The van der Waals surface area contributed by atoms with Crippen LogP contribution in [0.25, 0.3) is 0 Å². The molecule has 0 saturated heterocycles. The smallest absolute Gasteiger partial charge is 0.242 e. The highest BCUT2D eigenvalue weighted by molar-refractivity contribution is 7.10. The molecule has 2 atom stereocenters. The average Bonchev–Trinajstić information content (AvgIpc) is 3.15. The number of nitrogens with zero attached hydrogens (tertiary/aromatic N) is 2. The molecule has 0 aliphatic carbocycles. The maximum atomic E-state index is 13.3. The molecule has 4 nitrogen and oxygen atoms in total. The number of thiophene rings is 1. The second-order valence-electron chi connectivity index (χ2n) is 7.68. The zero-order valence-corrected chi connectivity index (χ0v) is 18.2. The maximum Gasteiger partial charge on any atom is 0.242 e. The van der Waals surface area contributed by atoms with Crippen molar-refractivity contribution in [1.29, 1.82) is 0 Å². The third-order valence-corrected chi connectivity index (χ3v) is 6.15. The van der Waals surface area contributed by atoms with Crippen molar-refractivity contribution in [3.05, 3.63) is 57.8 Å². The first kappa shape index (κ1) is 20.9. The van der Waals surface area contributed by atoms with Gasteiger partial charge < -0.3 is 9.80 Å². The van der Waals surface area contributed by atoms with Crippen LogP contribution in [0.3, 0.4) is 0 Å². The molecule has 2 aromatic rings. The van der Waals surface area contributed by atoms with Crippen molar-refractivity contribution in [3.63, 3.8) is 0 Å². The van der Waals surface area contributed by atoms with Gasteiger partial charge in [-0.2, -0.15) is 0 Å². The van der Waals surface area contributed by atoms with E-state index in [1.807, 2.05) is 36.9 Å². The van der Waals surface area contributed by atoms with Crippen LogP contribution < -0.4 is 0 Å². The molecule has 1 aliphatic heterocycles. The van der Waals surface area contributed by atoms with E-state index in [9.17, 15) is 9.59 Å². The maximum absolute atomic E-state index is 13.3. The van der Waals surface area contributed by atoms with E-state index in [2.05, 4.69) is 23.6 Å². The topological polar surface area (TPSA) is 40.6 Å². The van der Waals surface area contributed by atoms with Gasteiger partial charge in [0.1, 0.15) is 5.38 Å². The summed E-state index contributed by atoms with van der Waals surface area (Å²) in [6.07, 6.45) is 0.853. The SMILES string of the molecule is CC(C)CN(CC(=O)N1CCc2sccc2[C@@H]1c1ccccc1)C(=O)[C@@H](C)Cl. The van der Waals surface area contributed by atoms with Crippen LogP contribution in [-0.2, 0) is 16.0 Å². The predicted octanol–water partition coefficient (Wildman–Crippen LogP) is 4.33. The number of alkyl halides is 1. The average molecular weight is 419 g/mol. The van der Waals surface area contributed by atoms with Crippen LogP contribution in [0, 0.1) is 5.92 Å². The van der Waals surface area contributed by atoms with Gasteiger partial charge in [-0.05, 0) is 41.8 Å². The van der Waals surface area contributed by atoms with Gasteiger partial charge in [-0.25, -0.2) is 0 Å². The van der Waals surface area contributed by atoms with Crippen molar-refractivity contribution in [2.45, 2.75) is 38.6 Å². The first-order valence-electron chi connectivity index (χ1n) is 9.72. The molecular weight excluding hydrogens is 392 g/mol. The molecule has 28 heavy (non-hydrogen) atoms. The van der Waals surface area contributed by atoms with E-state index in [4.69, 9.17) is 11.6 Å². The van der Waals surface area contributed by atoms with Crippen LogP contribution in [0.5, 0.6) is 0 Å². The molecule has 0 spiro atoms. The number of hydrogen-bond donors (Lipinski definition) is 0. The summed E-state index contributed by atoms with van der Waals surface area (Å²) in [5.41, 5.74) is 2.30. The second-order valence-corrected chi connectivity index (χ2v) is 9.33. The number of carbonyl (C=O) groups excluding carboxylic acids is 2. The summed E-state index contributed by atoms with van der Waals surface area (Å²) in [6, 6.07) is 12.1. The van der Waals surface area contributed by atoms with Gasteiger partial charge in [-0.15, -0.1) is 22.9 Å². The highest BCUT2D eigenvalue weighted by Gasteiger charge is 2.34. The van der Waals surface area contributed by atoms with E-state index in [0.717, 1.165) is 12.0 Å². The molecule has 0 bridgehead atoms. The van der Waals surface area contributed by atoms with Crippen LogP contribution in [0.1, 0.15) is 42.8 Å². The lowest BCUT2D eigenvalue weighted by Crippen LogP contribution is -2.48. The van der Waals surface area contributed by atoms with Crippen LogP contribution in [0.15, 0.2) is 41.8 Å². The fourth-order valence-electron chi connectivity index (χ4n) is 3.76. The van der Waals surface area contributed by atoms with Gasteiger partial charge in [0.15, 0.2) is 0 Å². The van der Waals surface area contributed by atoms with Crippen molar-refractivity contribution < 1.29 is 9.59 Å². The Hall–Kier alpha value is -1.85. The minimum absolute atomic E-state index is 0.0305. The summed E-state index contributed by atoms with van der Waals surface area (Å²) in [5, 5.41) is 1.46. The van der Waals surface area contributed by atoms with Crippen LogP contribution in [0.2, 0.25) is 0 Å². The van der Waals surface area contributed by atoms with Gasteiger partial charge in [0, 0.05) is 18.0 Å². The number of hydrogen-bond acceptors (Lipinski definition) is 3. The number of carbonyl (C=O) groups is 2. The Balaban J connectivity index is 1.87. The molecule has 1 aromatic carbocycles. The summed E-state index contributed by atoms with van der Waals surface area (Å²) in [6.45, 7) is 6.98. The summed E-state index contributed by atoms with van der Waals surface area (Å²) in [4.78, 5) is 30.7. The van der Waals surface area contributed by atoms with Crippen molar-refractivity contribution in [3.8, 4) is 0 Å². The third kappa shape index (κ3) is 4.58. The monoisotopic (exact) mass is 418 g/mol. The molecular formula is C22H27ClN2O2S. The lowest BCUT2D eigenvalue weighted by molar-refractivity contribution is -0.141. The van der Waals surface area contributed by atoms with Gasteiger partial charge >= 0.3 is 0 Å². The summed E-state index contributed by atoms with van der Waals surface area (Å²) in [5.74, 6) is 0.0483. The van der Waals surface area contributed by atoms with E-state index >= 15 is 0 Å². The quantitative estimate of drug-likeness (QED) is 0.655. The van der Waals surface area contributed by atoms with Crippen LogP contribution >= 0.6 is 22.9 Å². The number of fused-ring (bicyclic) bond motifs is 1. The largest absolute Gasteiger partial charge is 0.332 e. The van der Waals surface area contributed by atoms with E-state index in [1.165, 1.54) is 10.4 Å². The van der Waals surface area contributed by atoms with Gasteiger partial charge in [-0.1, -0.05) is 44.2 Å². The summed E-state index contributed by atoms with van der Waals surface area (Å²) < 4.78 is 0. The van der Waals surface area contributed by atoms with Crippen LogP contribution in [-0.4, -0.2) is 46.6 Å². The molecule has 0 saturated carbocycles. The van der Waals surface area contributed by atoms with Gasteiger partial charge in [-0.3, -0.25) is 9.59 Å². The van der Waals surface area contributed by atoms with Crippen LogP contribution in [0.4, 0.5) is 0 Å². The Morgan fingerprint density at radius 2 is 1.93 bits per heavy atom. The Kier molecular flexibility index (Phi) is 6.78. The number of rotatable bonds is 6. The number of amides is 2. The molecule has 2 heterocycles. The van der Waals surface area contributed by atoms with Crippen molar-refractivity contribution in [2.75, 3.05) is 19.6 Å². The minimum atomic E-state index is -0.638. The molecule has 1 aliphatic rings. The molecule has 150 valence electrons. The molecule has 0 N–H and O–H groups in total. The highest BCUT2D eigenvalue weighted by Crippen LogP contribution is 2.37. The van der Waals surface area contributed by atoms with E-state index in [1.54, 1.807) is 23.2 Å². The highest BCUT2D eigenvalue weighted by atomic mass is 35.5. The molecule has 3 rings (SSSR count). The lowest BCUT2D eigenvalue weighted by atomic mass is 9.93. The van der Waals surface area contributed by atoms with Crippen molar-refractivity contribution in [1.82, 2.24) is 9.80 Å². The predicted molar refractivity (Wildman–Crippen MR) is 115 cm³/mol. The van der Waals surface area contributed by atoms with Crippen molar-refractivity contribution in [2.24, 2.45) is 5.92 Å². The zero-order valence-electron chi connectivity index (χ0n) is 16.6. The first-order valence-corrected chi connectivity index (χ1v) is 11.0. The fraction of sp³-hybridized carbons (Fsp3) is 0.455. The second kappa shape index (κ2) is 9.10. The molecule has 0 unspecified atom stereocenters. The minimum Gasteiger partial charge on any atom is -0.332 e. The summed E-state index contributed by atoms with van der Waals surface area (Å²) in [7, 11) is 0. The van der Waals surface area contributed by atoms with E-state index in [-0.39, 0.29) is 30.3 Å². The Bertz CT molecular complexity index is 819. The van der Waals surface area contributed by atoms with Gasteiger partial charge in [0.25, 0.3) is 0 Å². The van der Waals surface area contributed by atoms with Gasteiger partial charge in [0.2, 0.25) is 11.8 Å². The standard InChI is InChI=1S/C22H27ClN2O2S/c1-15(2)13-24(22(27)16(3)23)14-20(26)25-11-9-19-18(10-12-28-19)21(25)17-7-5-4-6-8-17/h4-8,10,12,15-16,21H,9,11,13-14H2,1-3H3/t16-,21+/m1/s1. The van der Waals surface area contributed by atoms with E-state index < -0.39 is 5.38 Å². The van der Waals surface area contributed by atoms with E-state index in [0.29, 0.717) is 13.1 Å². The lowest BCUT2D eigenvalue weighted by Gasteiger charge is -2.38. The zero-order chi connectivity index (χ0) is 20.3. The fourth-order valence-corrected chi connectivity index (χ4v) is 4.80. The molecule has 0 fully saturated rings. The molecule has 1 aromatic heterocycles. The molecule has 6 heteroatoms. The number of halogens is 1. The summed E-state index contributed by atoms with van der Waals surface area (Å²) >= 11 is 7.79. The first-order chi connectivity index (χ1) is 13.4. The Morgan fingerprint density at radius 3 is 2.57 bits per heavy atom. The molecule has 0 radical (unpaired) electrons. The molecule has 2 amide bonds. The third-order valence-electron chi connectivity index (χ3n) is 4.97.